The highest BCUT2D eigenvalue weighted by Gasteiger charge is 2.34. The van der Waals surface area contributed by atoms with Crippen LogP contribution in [0.15, 0.2) is 54.6 Å². The zero-order chi connectivity index (χ0) is 99.2. The Morgan fingerprint density at radius 2 is 0.750 bits per heavy atom. The Hall–Kier alpha value is -9.45. The van der Waals surface area contributed by atoms with Crippen molar-refractivity contribution in [2.24, 2.45) is 17.2 Å². The molecule has 0 aliphatic carbocycles. The van der Waals surface area contributed by atoms with E-state index in [0.717, 1.165) is 114 Å². The molecular formula is C87H132N24O9. The molecule has 3 aromatic carbocycles. The van der Waals surface area contributed by atoms with Crippen LogP contribution in [0.3, 0.4) is 0 Å². The quantitative estimate of drug-likeness (QED) is 0.0235. The van der Waals surface area contributed by atoms with Crippen LogP contribution in [0.5, 0.6) is 17.2 Å². The number of benzene rings is 3. The second-order valence-corrected chi connectivity index (χ2v) is 31.1. The predicted molar refractivity (Wildman–Crippen MR) is 474 cm³/mol. The van der Waals surface area contributed by atoms with Gasteiger partial charge in [-0.3, -0.25) is 29.1 Å². The van der Waals surface area contributed by atoms with Gasteiger partial charge in [-0.1, -0.05) is 20.8 Å². The molecule has 9 saturated heterocycles. The first-order chi connectivity index (χ1) is 64.7. The highest BCUT2D eigenvalue weighted by molar-refractivity contribution is 5.98. The minimum absolute atomic E-state index is 0.00637. The molecule has 0 saturated carbocycles. The van der Waals surface area contributed by atoms with E-state index >= 15 is 0 Å². The van der Waals surface area contributed by atoms with Crippen molar-refractivity contribution < 1.29 is 66.1 Å². The van der Waals surface area contributed by atoms with E-state index in [1.807, 2.05) is 55.0 Å². The topological polar surface area (TPSA) is 363 Å². The second kappa shape index (κ2) is 42.9. The fourth-order valence-corrected chi connectivity index (χ4v) is 16.2. The molecule has 0 atom stereocenters. The third kappa shape index (κ3) is 23.0. The molecule has 0 bridgehead atoms. The predicted octanol–water partition coefficient (Wildman–Crippen LogP) is 8.09. The van der Waals surface area contributed by atoms with Crippen LogP contribution in [-0.2, 0) is 33.4 Å². The third-order valence-electron chi connectivity index (χ3n) is 23.1. The van der Waals surface area contributed by atoms with Gasteiger partial charge in [0.25, 0.3) is 17.7 Å². The van der Waals surface area contributed by atoms with E-state index in [4.69, 9.17) is 78.9 Å². The SMILES string of the molecule is [2H]C([2H])(C)c1nc(C(N)=O)c(Nc2ccc(N3CCC(N4CCN(C([2H])([2H])[2H])CC4)CC3)c(OC)c2)nc1NC1CCOCC1.[2H]C1([2H])CN(c2ccc(Nc3nc(NC4CCOCC4)c(CC)nc3C(N)=O)cc2OC)CC([2H])([2H])C1N1CCN(C)CC1.[2H]C1([2H])N(C)C([2H])([2H])C([2H])([2H])N(C2CCN(c3ccc(Nc4nc(NC5CCOCC5)c(CC)nc4C(N)=O)cc3OC)CC2)C1([2H])[2H]. The summed E-state index contributed by atoms with van der Waals surface area (Å²) in [5.41, 5.74) is 22.2. The zero-order valence-corrected chi connectivity index (χ0v) is 70.4. The maximum Gasteiger partial charge on any atom is 0.271 e. The van der Waals surface area contributed by atoms with Gasteiger partial charge in [-0.2, -0.15) is 0 Å². The largest absolute Gasteiger partial charge is 0.495 e. The average Bonchev–Trinajstić information content (AvgIpc) is 0.690. The van der Waals surface area contributed by atoms with Gasteiger partial charge in [0.1, 0.15) is 17.2 Å². The van der Waals surface area contributed by atoms with Crippen molar-refractivity contribution in [3.05, 3.63) is 88.8 Å². The van der Waals surface area contributed by atoms with E-state index in [1.165, 1.54) is 21.1 Å². The molecule has 3 amide bonds. The van der Waals surface area contributed by atoms with Gasteiger partial charge in [-0.05, 0) is 154 Å². The lowest BCUT2D eigenvalue weighted by atomic mass is 10.0. The van der Waals surface area contributed by atoms with Crippen LogP contribution in [0.4, 0.5) is 69.0 Å². The van der Waals surface area contributed by atoms with Crippen molar-refractivity contribution in [2.75, 3.05) is 246 Å². The maximum atomic E-state index is 12.4. The number of rotatable bonds is 27. The van der Waals surface area contributed by atoms with Gasteiger partial charge in [0.2, 0.25) is 0 Å². The molecule has 9 aliphatic heterocycles. The van der Waals surface area contributed by atoms with E-state index in [2.05, 4.69) is 66.5 Å². The van der Waals surface area contributed by atoms with Gasteiger partial charge in [-0.25, -0.2) is 29.9 Å². The molecule has 33 heteroatoms. The van der Waals surface area contributed by atoms with E-state index in [9.17, 15) is 14.4 Å². The number of carbonyl (C=O) groups excluding carboxylic acids is 3. The number of piperazine rings is 3. The maximum absolute atomic E-state index is 12.4. The Morgan fingerprint density at radius 3 is 1.09 bits per heavy atom. The number of ether oxygens (including phenoxy) is 6. The molecule has 6 aromatic rings. The molecule has 12 heterocycles. The van der Waals surface area contributed by atoms with Crippen LogP contribution in [-0.4, -0.2) is 313 Å². The van der Waals surface area contributed by atoms with Crippen molar-refractivity contribution in [3.63, 3.8) is 0 Å². The lowest BCUT2D eigenvalue weighted by Crippen LogP contribution is -2.52. The van der Waals surface area contributed by atoms with Gasteiger partial charge in [0.15, 0.2) is 52.0 Å². The number of piperidine rings is 3. The van der Waals surface area contributed by atoms with E-state index in [0.29, 0.717) is 166 Å². The van der Waals surface area contributed by atoms with Crippen LogP contribution >= 0.6 is 0 Å². The summed E-state index contributed by atoms with van der Waals surface area (Å²) < 4.78 is 177. The number of carbonyl (C=O) groups is 3. The van der Waals surface area contributed by atoms with Crippen molar-refractivity contribution in [1.29, 1.82) is 0 Å². The Morgan fingerprint density at radius 1 is 0.417 bits per heavy atom. The van der Waals surface area contributed by atoms with Crippen LogP contribution < -0.4 is 78.0 Å². The van der Waals surface area contributed by atoms with Crippen LogP contribution in [0.25, 0.3) is 0 Å². The van der Waals surface area contributed by atoms with Gasteiger partial charge < -0.3 is 107 Å². The Kier molecular flexibility index (Phi) is 24.3. The number of aryl methyl sites for hydroxylation is 3. The number of methoxy groups -OCH3 is 3. The number of primary amides is 3. The summed E-state index contributed by atoms with van der Waals surface area (Å²) in [6.45, 7) is 3.73. The first-order valence-electron chi connectivity index (χ1n) is 50.4. The van der Waals surface area contributed by atoms with Crippen LogP contribution in [0, 0.1) is 0 Å². The molecule has 654 valence electrons. The normalized spacial score (nSPS) is 24.8. The number of nitrogens with one attached hydrogen (secondary N) is 6. The van der Waals surface area contributed by atoms with Crippen LogP contribution in [0.1, 0.15) is 170 Å². The number of anilines is 12. The first kappa shape index (κ1) is 68.1. The molecule has 0 radical (unpaired) electrons. The molecule has 9 fully saturated rings. The van der Waals surface area contributed by atoms with Gasteiger partial charge in [0, 0.05) is 252 Å². The number of likely N-dealkylation sites (N-methyl/N-ethyl adjacent to an activating group) is 3. The summed E-state index contributed by atoms with van der Waals surface area (Å²) in [4.78, 5) is 80.1. The summed E-state index contributed by atoms with van der Waals surface area (Å²) in [6.07, 6.45) is 2.87. The molecular weight excluding hydrogens is 1530 g/mol. The monoisotopic (exact) mass is 1670 g/mol. The van der Waals surface area contributed by atoms with Crippen molar-refractivity contribution in [3.8, 4) is 17.2 Å². The van der Waals surface area contributed by atoms with Crippen molar-refractivity contribution in [1.82, 2.24) is 59.3 Å². The van der Waals surface area contributed by atoms with Crippen molar-refractivity contribution >= 4 is 86.8 Å². The van der Waals surface area contributed by atoms with Gasteiger partial charge in [-0.15, -0.1) is 0 Å². The zero-order valence-electron chi connectivity index (χ0n) is 87.4. The Labute approximate surface area is 732 Å². The number of amides is 3. The lowest BCUT2D eigenvalue weighted by Gasteiger charge is -2.42. The van der Waals surface area contributed by atoms with Gasteiger partial charge in [0.05, 0.1) is 55.5 Å². The smallest absolute Gasteiger partial charge is 0.271 e. The molecule has 0 spiro atoms. The standard InChI is InChI=1S/3C29H44N8O3/c3*1-4-23-28(31-20-9-17-40-18-10-20)34-29(26(33-23)27(30)38)32-21-5-6-24(25(19-21)39-3)37-11-7-22(8-12-37)36-15-13-35(2)14-16-36/h3*5-6,19-20,22H,4,7-18H2,1-3H3,(H2,30,38)(H2,31,32,34)/i13D2,14D2,15D2,16D2;7D2,8D2;2D3,4D2. The number of aromatic nitrogens is 6. The average molecular weight is 1680 g/mol. The molecule has 0 unspecified atom stereocenters. The summed E-state index contributed by atoms with van der Waals surface area (Å²) in [6, 6.07) is 15.5. The first-order valence-corrected chi connectivity index (χ1v) is 41.9. The minimum atomic E-state index is -2.81. The summed E-state index contributed by atoms with van der Waals surface area (Å²) in [5.74, 6) is 1.27. The van der Waals surface area contributed by atoms with E-state index < -0.39 is 81.9 Å². The summed E-state index contributed by atoms with van der Waals surface area (Å²) >= 11 is 0. The highest BCUT2D eigenvalue weighted by atomic mass is 16.5. The molecule has 120 heavy (non-hydrogen) atoms. The third-order valence-corrected chi connectivity index (χ3v) is 23.1. The second-order valence-electron chi connectivity index (χ2n) is 31.1. The molecule has 9 aliphatic rings. The summed E-state index contributed by atoms with van der Waals surface area (Å²) in [7, 11) is 7.74. The van der Waals surface area contributed by atoms with E-state index in [1.54, 1.807) is 47.2 Å². The minimum Gasteiger partial charge on any atom is -0.495 e. The molecule has 33 nitrogen and oxygen atoms in total. The molecule has 3 aromatic heterocycles. The fraction of sp³-hybridized carbons (Fsp3) is 0.621. The number of hydrogen-bond donors (Lipinski definition) is 9. The fourth-order valence-electron chi connectivity index (χ4n) is 16.2. The molecule has 15 rings (SSSR count). The van der Waals surface area contributed by atoms with E-state index in [-0.39, 0.29) is 90.1 Å². The Balaban J connectivity index is 0.000000174. The molecule has 12 N–H and O–H groups in total. The van der Waals surface area contributed by atoms with Crippen molar-refractivity contribution in [2.45, 2.75) is 153 Å². The summed E-state index contributed by atoms with van der Waals surface area (Å²) in [5, 5.41) is 19.7. The number of hydrogen-bond acceptors (Lipinski definition) is 30. The number of nitrogens with zero attached hydrogens (tertiary/aromatic N) is 15. The lowest BCUT2D eigenvalue weighted by molar-refractivity contribution is 0.0902. The van der Waals surface area contributed by atoms with Crippen LogP contribution in [0.2, 0.25) is 0 Å². The highest BCUT2D eigenvalue weighted by Crippen LogP contribution is 2.40. The number of nitrogens with two attached hydrogens (primary N) is 3. The Bertz CT molecular complexity index is 5120. The van der Waals surface area contributed by atoms with Gasteiger partial charge >= 0.3 is 0 Å².